The maximum atomic E-state index is 12.7. The van der Waals surface area contributed by atoms with Gasteiger partial charge in [0, 0.05) is 38.2 Å². The van der Waals surface area contributed by atoms with Gasteiger partial charge in [-0.15, -0.1) is 0 Å². The van der Waals surface area contributed by atoms with E-state index in [0.29, 0.717) is 5.69 Å². The zero-order valence-corrected chi connectivity index (χ0v) is 16.3. The highest BCUT2D eigenvalue weighted by molar-refractivity contribution is 7.22. The van der Waals surface area contributed by atoms with Crippen molar-refractivity contribution in [3.63, 3.8) is 0 Å². The third-order valence-electron chi connectivity index (χ3n) is 4.98. The summed E-state index contributed by atoms with van der Waals surface area (Å²) in [6.07, 6.45) is 5.14. The summed E-state index contributed by atoms with van der Waals surface area (Å²) in [6, 6.07) is 6.03. The summed E-state index contributed by atoms with van der Waals surface area (Å²) in [4.78, 5) is 25.6. The highest BCUT2D eigenvalue weighted by atomic mass is 35.5. The van der Waals surface area contributed by atoms with Crippen molar-refractivity contribution in [1.82, 2.24) is 19.4 Å². The van der Waals surface area contributed by atoms with Gasteiger partial charge in [0.1, 0.15) is 5.69 Å². The van der Waals surface area contributed by atoms with Gasteiger partial charge in [-0.05, 0) is 31.0 Å². The van der Waals surface area contributed by atoms with Crippen LogP contribution in [0.4, 0.5) is 5.13 Å². The van der Waals surface area contributed by atoms with E-state index in [2.05, 4.69) is 9.88 Å². The third-order valence-corrected chi connectivity index (χ3v) is 6.29. The molecular weight excluding hydrogens is 370 g/mol. The number of carbonyl (C=O) groups is 1. The Bertz CT molecular complexity index is 944. The molecule has 1 saturated heterocycles. The highest BCUT2D eigenvalue weighted by Gasteiger charge is 2.28. The molecule has 1 aliphatic heterocycles. The fraction of sp³-hybridized carbons (Fsp3) is 0.389. The number of aromatic nitrogens is 3. The van der Waals surface area contributed by atoms with Crippen LogP contribution in [-0.2, 0) is 7.05 Å². The van der Waals surface area contributed by atoms with Crippen molar-refractivity contribution >= 4 is 44.2 Å². The number of hydrogen-bond acceptors (Lipinski definition) is 5. The first-order valence-electron chi connectivity index (χ1n) is 8.57. The monoisotopic (exact) mass is 389 g/mol. The van der Waals surface area contributed by atoms with Gasteiger partial charge in [0.05, 0.1) is 22.7 Å². The first-order chi connectivity index (χ1) is 12.5. The standard InChI is InChI=1S/C18H20ClN5OS/c1-22-11-20-10-15(22)17(25)23(2)13-5-7-24(8-6-13)18-21-14-4-3-12(19)9-16(14)26-18/h3-4,9-11,13H,5-8H2,1-2H3. The lowest BCUT2D eigenvalue weighted by Crippen LogP contribution is -2.46. The fourth-order valence-corrected chi connectivity index (χ4v) is 4.67. The zero-order valence-electron chi connectivity index (χ0n) is 14.7. The molecular formula is C18H20ClN5OS. The summed E-state index contributed by atoms with van der Waals surface area (Å²) in [6.45, 7) is 1.78. The molecule has 0 aliphatic carbocycles. The lowest BCUT2D eigenvalue weighted by molar-refractivity contribution is 0.0699. The van der Waals surface area contributed by atoms with Crippen LogP contribution in [0.1, 0.15) is 23.3 Å². The first-order valence-corrected chi connectivity index (χ1v) is 9.77. The van der Waals surface area contributed by atoms with Gasteiger partial charge >= 0.3 is 0 Å². The smallest absolute Gasteiger partial charge is 0.272 e. The number of rotatable bonds is 3. The van der Waals surface area contributed by atoms with Crippen molar-refractivity contribution in [2.75, 3.05) is 25.0 Å². The van der Waals surface area contributed by atoms with Crippen LogP contribution in [0.25, 0.3) is 10.2 Å². The zero-order chi connectivity index (χ0) is 18.3. The molecule has 1 fully saturated rings. The van der Waals surface area contributed by atoms with Gasteiger partial charge in [0.2, 0.25) is 0 Å². The van der Waals surface area contributed by atoms with Gasteiger partial charge in [-0.2, -0.15) is 0 Å². The topological polar surface area (TPSA) is 54.3 Å². The summed E-state index contributed by atoms with van der Waals surface area (Å²) in [5, 5.41) is 1.77. The van der Waals surface area contributed by atoms with E-state index in [1.54, 1.807) is 28.4 Å². The number of piperidine rings is 1. The van der Waals surface area contributed by atoms with Gasteiger partial charge in [-0.3, -0.25) is 4.79 Å². The van der Waals surface area contributed by atoms with Gasteiger partial charge in [0.25, 0.3) is 5.91 Å². The van der Waals surface area contributed by atoms with Crippen molar-refractivity contribution in [1.29, 1.82) is 0 Å². The van der Waals surface area contributed by atoms with E-state index in [-0.39, 0.29) is 11.9 Å². The Labute approximate surface area is 161 Å². The van der Waals surface area contributed by atoms with Crippen LogP contribution in [0.3, 0.4) is 0 Å². The van der Waals surface area contributed by atoms with Crippen molar-refractivity contribution < 1.29 is 4.79 Å². The molecule has 0 saturated carbocycles. The van der Waals surface area contributed by atoms with Gasteiger partial charge in [-0.25, -0.2) is 9.97 Å². The Morgan fingerprint density at radius 1 is 1.35 bits per heavy atom. The molecule has 3 heterocycles. The quantitative estimate of drug-likeness (QED) is 0.688. The number of anilines is 1. The second-order valence-corrected chi connectivity index (χ2v) is 8.08. The summed E-state index contributed by atoms with van der Waals surface area (Å²) >= 11 is 7.74. The average Bonchev–Trinajstić information content (AvgIpc) is 3.26. The number of halogens is 1. The van der Waals surface area contributed by atoms with Crippen LogP contribution in [0.5, 0.6) is 0 Å². The Morgan fingerprint density at radius 2 is 2.12 bits per heavy atom. The minimum atomic E-state index is 0.0260. The van der Waals surface area contributed by atoms with Crippen LogP contribution in [0, 0.1) is 0 Å². The molecule has 2 aromatic heterocycles. The average molecular weight is 390 g/mol. The van der Waals surface area contributed by atoms with E-state index in [1.807, 2.05) is 37.2 Å². The molecule has 0 spiro atoms. The van der Waals surface area contributed by atoms with Crippen LogP contribution < -0.4 is 4.90 Å². The van der Waals surface area contributed by atoms with Gasteiger partial charge in [0.15, 0.2) is 5.13 Å². The summed E-state index contributed by atoms with van der Waals surface area (Å²) in [5.41, 5.74) is 1.61. The molecule has 26 heavy (non-hydrogen) atoms. The minimum Gasteiger partial charge on any atom is -0.348 e. The second kappa shape index (κ2) is 6.89. The molecule has 3 aromatic rings. The molecule has 8 heteroatoms. The number of hydrogen-bond donors (Lipinski definition) is 0. The molecule has 0 unspecified atom stereocenters. The summed E-state index contributed by atoms with van der Waals surface area (Å²) in [5.74, 6) is 0.0260. The number of amides is 1. The Kier molecular flexibility index (Phi) is 4.58. The van der Waals surface area contributed by atoms with Crippen molar-refractivity contribution in [3.8, 4) is 0 Å². The molecule has 0 radical (unpaired) electrons. The van der Waals surface area contributed by atoms with E-state index in [0.717, 1.165) is 46.3 Å². The largest absolute Gasteiger partial charge is 0.348 e. The molecule has 1 aromatic carbocycles. The first kappa shape index (κ1) is 17.3. The molecule has 1 amide bonds. The normalized spacial score (nSPS) is 15.6. The number of benzene rings is 1. The van der Waals surface area contributed by atoms with Crippen LogP contribution >= 0.6 is 22.9 Å². The molecule has 0 atom stereocenters. The van der Waals surface area contributed by atoms with Gasteiger partial charge < -0.3 is 14.4 Å². The number of aryl methyl sites for hydroxylation is 1. The lowest BCUT2D eigenvalue weighted by atomic mass is 10.0. The highest BCUT2D eigenvalue weighted by Crippen LogP contribution is 2.32. The maximum Gasteiger partial charge on any atom is 0.272 e. The minimum absolute atomic E-state index is 0.0260. The predicted molar refractivity (Wildman–Crippen MR) is 105 cm³/mol. The van der Waals surface area contributed by atoms with Crippen LogP contribution in [0.15, 0.2) is 30.7 Å². The van der Waals surface area contributed by atoms with E-state index >= 15 is 0 Å². The number of thiazole rings is 1. The Hall–Kier alpha value is -2.12. The second-order valence-electron chi connectivity index (χ2n) is 6.63. The molecule has 4 rings (SSSR count). The molecule has 0 N–H and O–H groups in total. The number of fused-ring (bicyclic) bond motifs is 1. The number of imidazole rings is 1. The van der Waals surface area contributed by atoms with Crippen LogP contribution in [-0.4, -0.2) is 51.5 Å². The Morgan fingerprint density at radius 3 is 2.81 bits per heavy atom. The van der Waals surface area contributed by atoms with E-state index in [9.17, 15) is 4.79 Å². The number of carbonyl (C=O) groups excluding carboxylic acids is 1. The Balaban J connectivity index is 1.43. The molecule has 136 valence electrons. The summed E-state index contributed by atoms with van der Waals surface area (Å²) in [7, 11) is 3.73. The predicted octanol–water partition coefficient (Wildman–Crippen LogP) is 3.42. The third kappa shape index (κ3) is 3.17. The molecule has 0 bridgehead atoms. The van der Waals surface area contributed by atoms with Crippen molar-refractivity contribution in [3.05, 3.63) is 41.4 Å². The fourth-order valence-electron chi connectivity index (χ4n) is 3.38. The van der Waals surface area contributed by atoms with Crippen LogP contribution in [0.2, 0.25) is 5.02 Å². The number of nitrogens with zero attached hydrogens (tertiary/aromatic N) is 5. The van der Waals surface area contributed by atoms with E-state index in [1.165, 1.54) is 0 Å². The van der Waals surface area contributed by atoms with E-state index < -0.39 is 0 Å². The molecule has 6 nitrogen and oxygen atoms in total. The van der Waals surface area contributed by atoms with Crippen molar-refractivity contribution in [2.24, 2.45) is 7.05 Å². The van der Waals surface area contributed by atoms with Crippen molar-refractivity contribution in [2.45, 2.75) is 18.9 Å². The maximum absolute atomic E-state index is 12.7. The molecule has 1 aliphatic rings. The summed E-state index contributed by atoms with van der Waals surface area (Å²) < 4.78 is 2.87. The van der Waals surface area contributed by atoms with Gasteiger partial charge in [-0.1, -0.05) is 22.9 Å². The SMILES string of the molecule is CN(C(=O)c1cncn1C)C1CCN(c2nc3ccc(Cl)cc3s2)CC1. The lowest BCUT2D eigenvalue weighted by Gasteiger charge is -2.36. The van der Waals surface area contributed by atoms with E-state index in [4.69, 9.17) is 16.6 Å².